The number of thiazole rings is 1. The van der Waals surface area contributed by atoms with Gasteiger partial charge in [0, 0.05) is 5.69 Å². The molecule has 2 heterocycles. The fourth-order valence-corrected chi connectivity index (χ4v) is 5.46. The van der Waals surface area contributed by atoms with Crippen LogP contribution in [0, 0.1) is 5.82 Å². The monoisotopic (exact) mass is 565 g/mol. The zero-order valence-electron chi connectivity index (χ0n) is 21.2. The molecule has 5 rings (SSSR count). The van der Waals surface area contributed by atoms with Crippen LogP contribution >= 0.6 is 11.3 Å². The number of halogens is 3. The van der Waals surface area contributed by atoms with Crippen molar-refractivity contribution in [1.29, 1.82) is 0 Å². The van der Waals surface area contributed by atoms with Crippen molar-refractivity contribution < 1.29 is 27.4 Å². The Morgan fingerprint density at radius 1 is 1.07 bits per heavy atom. The van der Waals surface area contributed by atoms with Crippen LogP contribution in [0.3, 0.4) is 0 Å². The molecule has 1 aliphatic rings. The van der Waals surface area contributed by atoms with E-state index < -0.39 is 29.9 Å². The minimum Gasteiger partial charge on any atom is -0.493 e. The maximum absolute atomic E-state index is 13.8. The average molecular weight is 566 g/mol. The molecule has 204 valence electrons. The molecule has 1 amide bonds. The maximum atomic E-state index is 13.8. The molecule has 11 heteroatoms. The van der Waals surface area contributed by atoms with Crippen molar-refractivity contribution in [3.05, 3.63) is 121 Å². The number of methoxy groups -OCH3 is 1. The van der Waals surface area contributed by atoms with Crippen molar-refractivity contribution in [2.24, 2.45) is 4.99 Å². The molecule has 1 atom stereocenters. The number of hydrogen-bond acceptors (Lipinski definition) is 6. The predicted molar refractivity (Wildman–Crippen MR) is 145 cm³/mol. The molecule has 4 aromatic rings. The number of nitrogens with one attached hydrogen (secondary N) is 1. The van der Waals surface area contributed by atoms with Gasteiger partial charge in [-0.2, -0.15) is 8.78 Å². The number of para-hydroxylation sites is 1. The largest absolute Gasteiger partial charge is 0.493 e. The number of fused-ring (bicyclic) bond motifs is 1. The van der Waals surface area contributed by atoms with Gasteiger partial charge in [0.15, 0.2) is 16.3 Å². The molecule has 7 nitrogen and oxygen atoms in total. The highest BCUT2D eigenvalue weighted by Crippen LogP contribution is 2.32. The summed E-state index contributed by atoms with van der Waals surface area (Å²) in [5.74, 6) is -0.977. The van der Waals surface area contributed by atoms with Crippen molar-refractivity contribution in [2.75, 3.05) is 12.4 Å². The second-order valence-corrected chi connectivity index (χ2v) is 9.75. The Morgan fingerprint density at radius 2 is 1.80 bits per heavy atom. The number of carbonyl (C=O) groups excluding carboxylic acids is 1. The van der Waals surface area contributed by atoms with Gasteiger partial charge in [-0.1, -0.05) is 47.7 Å². The Hall–Kier alpha value is -4.64. The zero-order chi connectivity index (χ0) is 28.4. The summed E-state index contributed by atoms with van der Waals surface area (Å²) in [7, 11) is 1.32. The van der Waals surface area contributed by atoms with Crippen LogP contribution in [0.4, 0.5) is 18.9 Å². The van der Waals surface area contributed by atoms with Crippen LogP contribution < -0.4 is 29.7 Å². The van der Waals surface area contributed by atoms with Crippen LogP contribution in [0.2, 0.25) is 0 Å². The maximum Gasteiger partial charge on any atom is 0.387 e. The normalized spacial score (nSPS) is 15.1. The fourth-order valence-electron chi connectivity index (χ4n) is 4.41. The van der Waals surface area contributed by atoms with Crippen molar-refractivity contribution in [1.82, 2.24) is 4.57 Å². The smallest absolute Gasteiger partial charge is 0.387 e. The van der Waals surface area contributed by atoms with Gasteiger partial charge in [0.25, 0.3) is 11.5 Å². The Labute approximate surface area is 230 Å². The topological polar surface area (TPSA) is 81.9 Å². The lowest BCUT2D eigenvalue weighted by atomic mass is 9.95. The lowest BCUT2D eigenvalue weighted by Gasteiger charge is -2.25. The predicted octanol–water partition coefficient (Wildman–Crippen LogP) is 4.62. The second kappa shape index (κ2) is 11.2. The first-order chi connectivity index (χ1) is 19.2. The number of allylic oxidation sites excluding steroid dienone is 1. The van der Waals surface area contributed by atoms with Crippen LogP contribution in [0.5, 0.6) is 11.5 Å². The van der Waals surface area contributed by atoms with Crippen molar-refractivity contribution in [2.45, 2.75) is 19.6 Å². The van der Waals surface area contributed by atoms with E-state index in [1.54, 1.807) is 37.3 Å². The number of anilines is 1. The number of hydrogen-bond donors (Lipinski definition) is 1. The third-order valence-electron chi connectivity index (χ3n) is 6.19. The number of rotatable bonds is 7. The minimum absolute atomic E-state index is 0.0710. The molecule has 0 bridgehead atoms. The van der Waals surface area contributed by atoms with E-state index in [2.05, 4.69) is 15.0 Å². The van der Waals surface area contributed by atoms with Gasteiger partial charge in [-0.15, -0.1) is 0 Å². The van der Waals surface area contributed by atoms with Crippen LogP contribution in [0.15, 0.2) is 93.9 Å². The van der Waals surface area contributed by atoms with Crippen molar-refractivity contribution in [3.8, 4) is 11.5 Å². The highest BCUT2D eigenvalue weighted by atomic mass is 32.1. The zero-order valence-corrected chi connectivity index (χ0v) is 22.0. The molecule has 0 saturated heterocycles. The van der Waals surface area contributed by atoms with Crippen molar-refractivity contribution in [3.63, 3.8) is 0 Å². The summed E-state index contributed by atoms with van der Waals surface area (Å²) in [4.78, 5) is 32.2. The fraction of sp³-hybridized carbons (Fsp3) is 0.138. The van der Waals surface area contributed by atoms with E-state index in [1.165, 1.54) is 54.1 Å². The number of amides is 1. The lowest BCUT2D eigenvalue weighted by molar-refractivity contribution is -0.113. The Kier molecular flexibility index (Phi) is 7.56. The number of ether oxygens (including phenoxy) is 2. The van der Waals surface area contributed by atoms with E-state index >= 15 is 0 Å². The Balaban J connectivity index is 1.63. The minimum atomic E-state index is -3.02. The molecule has 40 heavy (non-hydrogen) atoms. The van der Waals surface area contributed by atoms with Gasteiger partial charge in [0.2, 0.25) is 0 Å². The van der Waals surface area contributed by atoms with Crippen LogP contribution in [-0.4, -0.2) is 24.2 Å². The SMILES string of the molecule is COc1cc(/C=c2/sc3n(c2=O)[C@@H](c2ccc(F)cc2)C(C(=O)Nc2ccccc2)=C(C)N=3)ccc1OC(F)F. The van der Waals surface area contributed by atoms with E-state index in [0.717, 1.165) is 11.3 Å². The molecule has 0 aliphatic carbocycles. The molecule has 0 spiro atoms. The Bertz CT molecular complexity index is 1780. The molecule has 1 aliphatic heterocycles. The summed E-state index contributed by atoms with van der Waals surface area (Å²) in [6.07, 6.45) is 1.57. The highest BCUT2D eigenvalue weighted by molar-refractivity contribution is 7.07. The summed E-state index contributed by atoms with van der Waals surface area (Å²) in [6.45, 7) is -1.34. The van der Waals surface area contributed by atoms with Gasteiger partial charge in [-0.3, -0.25) is 14.2 Å². The summed E-state index contributed by atoms with van der Waals surface area (Å²) < 4.78 is 50.6. The Morgan fingerprint density at radius 3 is 2.48 bits per heavy atom. The number of nitrogens with zero attached hydrogens (tertiary/aromatic N) is 2. The number of benzene rings is 3. The molecular formula is C29H22F3N3O4S. The lowest BCUT2D eigenvalue weighted by Crippen LogP contribution is -2.40. The van der Waals surface area contributed by atoms with Crippen molar-refractivity contribution >= 4 is 29.0 Å². The van der Waals surface area contributed by atoms with Gasteiger partial charge in [-0.25, -0.2) is 9.38 Å². The first-order valence-corrected chi connectivity index (χ1v) is 12.8. The number of alkyl halides is 2. The van der Waals surface area contributed by atoms with Gasteiger partial charge >= 0.3 is 6.61 Å². The summed E-state index contributed by atoms with van der Waals surface area (Å²) in [6, 6.07) is 17.9. The quantitative estimate of drug-likeness (QED) is 0.355. The molecule has 0 unspecified atom stereocenters. The standard InChI is InChI=1S/C29H22F3N3O4S/c1-16-24(26(36)34-20-6-4-3-5-7-20)25(18-9-11-19(30)12-10-18)35-27(37)23(40-29(35)33-16)15-17-8-13-21(39-28(31)32)22(14-17)38-2/h3-15,25,28H,1-2H3,(H,34,36)/b23-15+/t25-/m0/s1. The molecule has 3 aromatic carbocycles. The van der Waals surface area contributed by atoms with Gasteiger partial charge in [-0.05, 0) is 60.5 Å². The molecule has 0 saturated carbocycles. The number of aromatic nitrogens is 1. The molecule has 0 radical (unpaired) electrons. The highest BCUT2D eigenvalue weighted by Gasteiger charge is 2.32. The van der Waals surface area contributed by atoms with Gasteiger partial charge in [0.05, 0.1) is 29.0 Å². The molecule has 0 fully saturated rings. The van der Waals surface area contributed by atoms with E-state index in [9.17, 15) is 22.8 Å². The van der Waals surface area contributed by atoms with Crippen LogP contribution in [0.25, 0.3) is 6.08 Å². The summed E-state index contributed by atoms with van der Waals surface area (Å²) >= 11 is 1.10. The summed E-state index contributed by atoms with van der Waals surface area (Å²) in [5.41, 5.74) is 1.81. The third kappa shape index (κ3) is 5.41. The van der Waals surface area contributed by atoms with Crippen LogP contribution in [0.1, 0.15) is 24.1 Å². The molecular weight excluding hydrogens is 543 g/mol. The average Bonchev–Trinajstić information content (AvgIpc) is 3.23. The van der Waals surface area contributed by atoms with E-state index in [0.29, 0.717) is 27.3 Å². The number of carbonyl (C=O) groups is 1. The third-order valence-corrected chi connectivity index (χ3v) is 7.17. The van der Waals surface area contributed by atoms with E-state index in [4.69, 9.17) is 4.74 Å². The van der Waals surface area contributed by atoms with E-state index in [1.807, 2.05) is 6.07 Å². The van der Waals surface area contributed by atoms with E-state index in [-0.39, 0.29) is 21.6 Å². The molecule has 1 N–H and O–H groups in total. The first-order valence-electron chi connectivity index (χ1n) is 12.0. The first kappa shape index (κ1) is 26.9. The van der Waals surface area contributed by atoms with Gasteiger partial charge in [0.1, 0.15) is 5.82 Å². The second-order valence-electron chi connectivity index (χ2n) is 8.74. The summed E-state index contributed by atoms with van der Waals surface area (Å²) in [5, 5.41) is 2.85. The van der Waals surface area contributed by atoms with Crippen LogP contribution in [-0.2, 0) is 4.79 Å². The van der Waals surface area contributed by atoms with Gasteiger partial charge < -0.3 is 14.8 Å². The molecule has 1 aromatic heterocycles.